The van der Waals surface area contributed by atoms with Crippen molar-refractivity contribution in [3.63, 3.8) is 0 Å². The van der Waals surface area contributed by atoms with Crippen LogP contribution in [0.25, 0.3) is 0 Å². The number of carbonyl (C=O) groups is 3. The number of esters is 1. The Hall–Kier alpha value is -4.33. The smallest absolute Gasteiger partial charge is 0.338 e. The van der Waals surface area contributed by atoms with Gasteiger partial charge in [0, 0.05) is 28.9 Å². The summed E-state index contributed by atoms with van der Waals surface area (Å²) in [6, 6.07) is 18.1. The summed E-state index contributed by atoms with van der Waals surface area (Å²) in [5, 5.41) is 13.3. The Kier molecular flexibility index (Phi) is 6.51. The monoisotopic (exact) mass is 418 g/mol. The van der Waals surface area contributed by atoms with Crippen LogP contribution in [-0.2, 0) is 4.74 Å². The van der Waals surface area contributed by atoms with Crippen LogP contribution in [0, 0.1) is 17.0 Å². The van der Waals surface area contributed by atoms with Gasteiger partial charge < -0.3 is 10.1 Å². The summed E-state index contributed by atoms with van der Waals surface area (Å²) in [6.07, 6.45) is 0. The minimum atomic E-state index is -0.659. The molecule has 0 aliphatic rings. The first-order chi connectivity index (χ1) is 14.8. The number of ether oxygens (including phenoxy) is 1. The number of hydrogen-bond acceptors (Lipinski definition) is 6. The summed E-state index contributed by atoms with van der Waals surface area (Å²) < 4.78 is 5.06. The van der Waals surface area contributed by atoms with Crippen LogP contribution in [0.15, 0.2) is 72.8 Å². The highest BCUT2D eigenvalue weighted by Gasteiger charge is 2.13. The van der Waals surface area contributed by atoms with Crippen LogP contribution >= 0.6 is 0 Å². The Morgan fingerprint density at radius 2 is 1.39 bits per heavy atom. The predicted molar refractivity (Wildman–Crippen MR) is 113 cm³/mol. The molecule has 0 heterocycles. The molecule has 0 fully saturated rings. The Labute approximate surface area is 177 Å². The normalized spacial score (nSPS) is 10.2. The molecule has 0 unspecified atom stereocenters. The van der Waals surface area contributed by atoms with E-state index in [0.717, 1.165) is 5.56 Å². The number of carbonyl (C=O) groups excluding carboxylic acids is 3. The molecule has 0 bridgehead atoms. The van der Waals surface area contributed by atoms with Crippen molar-refractivity contribution in [1.29, 1.82) is 0 Å². The molecule has 1 N–H and O–H groups in total. The minimum absolute atomic E-state index is 0.111. The van der Waals surface area contributed by atoms with Crippen LogP contribution in [0.3, 0.4) is 0 Å². The molecule has 0 radical (unpaired) electrons. The third kappa shape index (κ3) is 5.60. The second-order valence-electron chi connectivity index (χ2n) is 6.70. The van der Waals surface area contributed by atoms with Crippen LogP contribution in [0.5, 0.6) is 0 Å². The van der Waals surface area contributed by atoms with E-state index in [1.807, 2.05) is 6.92 Å². The zero-order chi connectivity index (χ0) is 22.4. The van der Waals surface area contributed by atoms with Crippen LogP contribution < -0.4 is 5.32 Å². The first-order valence-electron chi connectivity index (χ1n) is 9.26. The van der Waals surface area contributed by atoms with Gasteiger partial charge in [-0.05, 0) is 43.3 Å². The molecule has 0 atom stereocenters. The molecule has 3 rings (SSSR count). The zero-order valence-electron chi connectivity index (χ0n) is 16.5. The van der Waals surface area contributed by atoms with Gasteiger partial charge in [0.1, 0.15) is 0 Å². The molecular formula is C23H18N2O6. The Morgan fingerprint density at radius 1 is 0.839 bits per heavy atom. The average Bonchev–Trinajstić information content (AvgIpc) is 2.78. The van der Waals surface area contributed by atoms with Crippen LogP contribution in [0.4, 0.5) is 11.4 Å². The molecular weight excluding hydrogens is 400 g/mol. The lowest BCUT2D eigenvalue weighted by Crippen LogP contribution is -2.15. The number of nitrogens with zero attached hydrogens (tertiary/aromatic N) is 1. The van der Waals surface area contributed by atoms with Gasteiger partial charge in [-0.15, -0.1) is 0 Å². The third-order valence-corrected chi connectivity index (χ3v) is 4.43. The van der Waals surface area contributed by atoms with Crippen molar-refractivity contribution < 1.29 is 24.0 Å². The zero-order valence-corrected chi connectivity index (χ0v) is 16.5. The molecule has 8 heteroatoms. The van der Waals surface area contributed by atoms with Crippen molar-refractivity contribution >= 4 is 29.0 Å². The van der Waals surface area contributed by atoms with E-state index in [2.05, 4.69) is 5.32 Å². The number of non-ortho nitro benzene ring substituents is 1. The summed E-state index contributed by atoms with van der Waals surface area (Å²) in [5.74, 6) is -1.41. The van der Waals surface area contributed by atoms with E-state index in [1.165, 1.54) is 48.5 Å². The number of anilines is 1. The van der Waals surface area contributed by atoms with E-state index in [1.54, 1.807) is 24.3 Å². The molecule has 31 heavy (non-hydrogen) atoms. The molecule has 3 aromatic carbocycles. The van der Waals surface area contributed by atoms with E-state index in [-0.39, 0.29) is 29.2 Å². The summed E-state index contributed by atoms with van der Waals surface area (Å²) in [4.78, 5) is 46.6. The van der Waals surface area contributed by atoms with E-state index in [9.17, 15) is 24.5 Å². The second-order valence-corrected chi connectivity index (χ2v) is 6.70. The molecule has 0 aromatic heterocycles. The molecule has 0 aliphatic carbocycles. The molecule has 3 aromatic rings. The van der Waals surface area contributed by atoms with Gasteiger partial charge in [-0.2, -0.15) is 0 Å². The van der Waals surface area contributed by atoms with Gasteiger partial charge in [0.2, 0.25) is 0 Å². The van der Waals surface area contributed by atoms with E-state index < -0.39 is 16.8 Å². The summed E-state index contributed by atoms with van der Waals surface area (Å²) in [7, 11) is 0. The number of amides is 1. The number of aryl methyl sites for hydroxylation is 1. The molecule has 8 nitrogen and oxygen atoms in total. The van der Waals surface area contributed by atoms with Gasteiger partial charge in [-0.3, -0.25) is 19.7 Å². The SMILES string of the molecule is Cc1ccc(C(=O)COC(=O)c2ccc(NC(=O)c3ccc([N+](=O)[O-])cc3)cc2)cc1. The fourth-order valence-electron chi connectivity index (χ4n) is 2.66. The highest BCUT2D eigenvalue weighted by atomic mass is 16.6. The van der Waals surface area contributed by atoms with Crippen LogP contribution in [0.1, 0.15) is 36.6 Å². The van der Waals surface area contributed by atoms with Gasteiger partial charge in [0.25, 0.3) is 11.6 Å². The van der Waals surface area contributed by atoms with Gasteiger partial charge in [-0.1, -0.05) is 29.8 Å². The number of ketones is 1. The lowest BCUT2D eigenvalue weighted by molar-refractivity contribution is -0.384. The Balaban J connectivity index is 1.55. The highest BCUT2D eigenvalue weighted by Crippen LogP contribution is 2.15. The maximum atomic E-state index is 12.2. The number of rotatable bonds is 7. The van der Waals surface area contributed by atoms with Gasteiger partial charge in [0.05, 0.1) is 10.5 Å². The second kappa shape index (κ2) is 9.45. The highest BCUT2D eigenvalue weighted by molar-refractivity contribution is 6.04. The number of Topliss-reactive ketones (excluding diaryl/α,β-unsaturated/α-hetero) is 1. The summed E-state index contributed by atoms with van der Waals surface area (Å²) >= 11 is 0. The largest absolute Gasteiger partial charge is 0.454 e. The van der Waals surface area contributed by atoms with Gasteiger partial charge in [0.15, 0.2) is 12.4 Å². The lowest BCUT2D eigenvalue weighted by atomic mass is 10.1. The number of hydrogen-bond donors (Lipinski definition) is 1. The molecule has 0 saturated carbocycles. The maximum Gasteiger partial charge on any atom is 0.338 e. The number of nitro benzene ring substituents is 1. The standard InChI is InChI=1S/C23H18N2O6/c1-15-2-4-16(5-3-15)21(26)14-31-23(28)18-6-10-19(11-7-18)24-22(27)17-8-12-20(13-9-17)25(29)30/h2-13H,14H2,1H3,(H,24,27). The quantitative estimate of drug-likeness (QED) is 0.266. The fourth-order valence-corrected chi connectivity index (χ4v) is 2.66. The molecule has 0 saturated heterocycles. The third-order valence-electron chi connectivity index (χ3n) is 4.43. The molecule has 0 aliphatic heterocycles. The van der Waals surface area contributed by atoms with Gasteiger partial charge >= 0.3 is 5.97 Å². The number of nitro groups is 1. The van der Waals surface area contributed by atoms with Crippen molar-refractivity contribution in [3.05, 3.63) is 105 Å². The summed E-state index contributed by atoms with van der Waals surface area (Å²) in [6.45, 7) is 1.53. The van der Waals surface area contributed by atoms with Crippen molar-refractivity contribution in [3.8, 4) is 0 Å². The van der Waals surface area contributed by atoms with Crippen molar-refractivity contribution in [2.45, 2.75) is 6.92 Å². The first kappa shape index (κ1) is 21.4. The topological polar surface area (TPSA) is 116 Å². The number of benzene rings is 3. The Morgan fingerprint density at radius 3 is 1.97 bits per heavy atom. The van der Waals surface area contributed by atoms with Gasteiger partial charge in [-0.25, -0.2) is 4.79 Å². The lowest BCUT2D eigenvalue weighted by Gasteiger charge is -2.07. The van der Waals surface area contributed by atoms with E-state index in [0.29, 0.717) is 11.3 Å². The maximum absolute atomic E-state index is 12.2. The van der Waals surface area contributed by atoms with Crippen molar-refractivity contribution in [2.24, 2.45) is 0 Å². The van der Waals surface area contributed by atoms with Crippen molar-refractivity contribution in [1.82, 2.24) is 0 Å². The van der Waals surface area contributed by atoms with Crippen molar-refractivity contribution in [2.75, 3.05) is 11.9 Å². The molecule has 1 amide bonds. The molecule has 156 valence electrons. The van der Waals surface area contributed by atoms with Crippen LogP contribution in [-0.4, -0.2) is 29.2 Å². The summed E-state index contributed by atoms with van der Waals surface area (Å²) in [5.41, 5.74) is 2.28. The first-order valence-corrected chi connectivity index (χ1v) is 9.26. The van der Waals surface area contributed by atoms with E-state index >= 15 is 0 Å². The van der Waals surface area contributed by atoms with E-state index in [4.69, 9.17) is 4.74 Å². The minimum Gasteiger partial charge on any atom is -0.454 e. The van der Waals surface area contributed by atoms with Crippen LogP contribution in [0.2, 0.25) is 0 Å². The number of nitrogens with one attached hydrogen (secondary N) is 1. The Bertz CT molecular complexity index is 1120. The predicted octanol–water partition coefficient (Wildman–Crippen LogP) is 4.20. The fraction of sp³-hybridized carbons (Fsp3) is 0.0870. The average molecular weight is 418 g/mol. The molecule has 0 spiro atoms.